The zero-order chi connectivity index (χ0) is 37.7. The van der Waals surface area contributed by atoms with E-state index < -0.39 is 53.1 Å². The number of nitrogens with one attached hydrogen (secondary N) is 2. The van der Waals surface area contributed by atoms with Gasteiger partial charge in [-0.2, -0.15) is 0 Å². The number of hydrogen-bond donors (Lipinski definition) is 2. The van der Waals surface area contributed by atoms with Gasteiger partial charge in [0.05, 0.1) is 0 Å². The van der Waals surface area contributed by atoms with E-state index in [1.165, 1.54) is 21.7 Å². The number of alkyl carbamates (subject to hydrolysis) is 1. The van der Waals surface area contributed by atoms with Crippen LogP contribution >= 0.6 is 0 Å². The second kappa shape index (κ2) is 18.6. The van der Waals surface area contributed by atoms with Crippen LogP contribution in [0.15, 0.2) is 30.3 Å². The van der Waals surface area contributed by atoms with Gasteiger partial charge in [-0.1, -0.05) is 30.3 Å². The molecule has 0 saturated carbocycles. The molecule has 1 aromatic carbocycles. The summed E-state index contributed by atoms with van der Waals surface area (Å²) in [5.74, 6) is -0.450. The molecule has 0 aliphatic carbocycles. The van der Waals surface area contributed by atoms with Crippen molar-refractivity contribution in [3.8, 4) is 0 Å². The predicted octanol–water partition coefficient (Wildman–Crippen LogP) is 4.05. The number of carbonyl (C=O) groups excluding carboxylic acids is 5. The predicted molar refractivity (Wildman–Crippen MR) is 187 cm³/mol. The Morgan fingerprint density at radius 3 is 1.38 bits per heavy atom. The summed E-state index contributed by atoms with van der Waals surface area (Å²) in [6.07, 6.45) is -2.49. The van der Waals surface area contributed by atoms with Gasteiger partial charge in [-0.3, -0.25) is 9.69 Å². The van der Waals surface area contributed by atoms with E-state index in [0.29, 0.717) is 0 Å². The molecule has 0 aromatic heterocycles. The number of rotatable bonds is 6. The molecule has 0 bridgehead atoms. The molecule has 5 amide bonds. The van der Waals surface area contributed by atoms with Gasteiger partial charge in [0.25, 0.3) is 0 Å². The Balaban J connectivity index is 2.38. The molecular formula is C35H58N6O9. The van der Waals surface area contributed by atoms with Crippen molar-refractivity contribution >= 4 is 30.3 Å². The lowest BCUT2D eigenvalue weighted by Gasteiger charge is -2.36. The molecule has 1 aliphatic rings. The summed E-state index contributed by atoms with van der Waals surface area (Å²) in [4.78, 5) is 72.2. The van der Waals surface area contributed by atoms with Gasteiger partial charge in [-0.15, -0.1) is 0 Å². The zero-order valence-electron chi connectivity index (χ0n) is 31.5. The quantitative estimate of drug-likeness (QED) is 0.414. The van der Waals surface area contributed by atoms with Gasteiger partial charge in [0.2, 0.25) is 5.91 Å². The first-order valence-corrected chi connectivity index (χ1v) is 17.0. The van der Waals surface area contributed by atoms with Crippen LogP contribution in [-0.4, -0.2) is 139 Å². The lowest BCUT2D eigenvalue weighted by molar-refractivity contribution is -0.123. The molecule has 2 N–H and O–H groups in total. The van der Waals surface area contributed by atoms with Crippen LogP contribution in [-0.2, 0) is 30.3 Å². The number of hydrogen-bond acceptors (Lipinski definition) is 10. The highest BCUT2D eigenvalue weighted by Gasteiger charge is 2.31. The fourth-order valence-corrected chi connectivity index (χ4v) is 4.70. The Morgan fingerprint density at radius 1 is 0.640 bits per heavy atom. The SMILES string of the molecule is CNC(=O)[C@H](CN1CCN(C(=O)OC(C)(C)C)CCN(C(=O)OC(C)(C)C)CCN(C(=O)OC(C)(C)C)CC1)NC(=O)OCc1ccccc1. The molecule has 0 spiro atoms. The van der Waals surface area contributed by atoms with E-state index in [0.717, 1.165) is 5.56 Å². The molecule has 50 heavy (non-hydrogen) atoms. The van der Waals surface area contributed by atoms with E-state index in [1.54, 1.807) is 62.3 Å². The lowest BCUT2D eigenvalue weighted by atomic mass is 10.2. The van der Waals surface area contributed by atoms with E-state index in [4.69, 9.17) is 18.9 Å². The average molecular weight is 707 g/mol. The first kappa shape index (κ1) is 41.9. The van der Waals surface area contributed by atoms with Crippen molar-refractivity contribution in [2.24, 2.45) is 0 Å². The first-order chi connectivity index (χ1) is 23.2. The Kier molecular flexibility index (Phi) is 15.6. The Morgan fingerprint density at radius 2 is 1.02 bits per heavy atom. The third kappa shape index (κ3) is 16.4. The van der Waals surface area contributed by atoms with E-state index >= 15 is 0 Å². The maximum Gasteiger partial charge on any atom is 0.410 e. The summed E-state index contributed by atoms with van der Waals surface area (Å²) in [5.41, 5.74) is -1.52. The lowest BCUT2D eigenvalue weighted by Crippen LogP contribution is -2.55. The smallest absolute Gasteiger partial charge is 0.410 e. The molecule has 1 aromatic rings. The summed E-state index contributed by atoms with van der Waals surface area (Å²) < 4.78 is 22.4. The molecule has 0 unspecified atom stereocenters. The van der Waals surface area contributed by atoms with Crippen LogP contribution in [0.3, 0.4) is 0 Å². The Labute approximate surface area is 296 Å². The Hall–Kier alpha value is -4.27. The highest BCUT2D eigenvalue weighted by molar-refractivity contribution is 5.85. The maximum absolute atomic E-state index is 13.4. The molecule has 282 valence electrons. The van der Waals surface area contributed by atoms with Crippen molar-refractivity contribution in [3.63, 3.8) is 0 Å². The molecule has 15 heteroatoms. The van der Waals surface area contributed by atoms with Gasteiger partial charge < -0.3 is 44.3 Å². The summed E-state index contributed by atoms with van der Waals surface area (Å²) in [5, 5.41) is 5.24. The molecule has 1 aliphatic heterocycles. The molecule has 1 saturated heterocycles. The molecular weight excluding hydrogens is 648 g/mol. The summed E-state index contributed by atoms with van der Waals surface area (Å²) >= 11 is 0. The van der Waals surface area contributed by atoms with Gasteiger partial charge in [-0.05, 0) is 67.9 Å². The first-order valence-electron chi connectivity index (χ1n) is 17.0. The minimum absolute atomic E-state index is 0.0207. The standard InChI is InChI=1S/C35H58N6O9/c1-33(2,3)48-30(44)39-18-16-38(24-27(28(42)36-10)37-29(43)47-25-26-14-12-11-13-15-26)17-19-40(31(45)49-34(4,5)6)21-23-41(22-20-39)32(46)50-35(7,8)9/h11-15,27H,16-25H2,1-10H3,(H,36,42)(H,37,43)/t27-/m0/s1. The van der Waals surface area contributed by atoms with E-state index in [1.807, 2.05) is 35.2 Å². The van der Waals surface area contributed by atoms with Crippen molar-refractivity contribution in [2.75, 3.05) is 66.0 Å². The molecule has 1 atom stereocenters. The van der Waals surface area contributed by atoms with E-state index in [-0.39, 0.29) is 65.5 Å². The number of carbonyl (C=O) groups is 5. The second-order valence-corrected chi connectivity index (χ2v) is 15.1. The van der Waals surface area contributed by atoms with E-state index in [9.17, 15) is 24.0 Å². The number of amides is 5. The third-order valence-corrected chi connectivity index (χ3v) is 7.12. The van der Waals surface area contributed by atoms with Crippen LogP contribution in [0.2, 0.25) is 0 Å². The fourth-order valence-electron chi connectivity index (χ4n) is 4.70. The van der Waals surface area contributed by atoms with Gasteiger partial charge >= 0.3 is 24.4 Å². The number of nitrogens with zero attached hydrogens (tertiary/aromatic N) is 4. The summed E-state index contributed by atoms with van der Waals surface area (Å²) in [6.45, 7) is 17.2. The number of ether oxygens (including phenoxy) is 4. The van der Waals surface area contributed by atoms with Crippen LogP contribution in [0.25, 0.3) is 0 Å². The maximum atomic E-state index is 13.4. The summed E-state index contributed by atoms with van der Waals surface area (Å²) in [7, 11) is 1.47. The molecule has 1 fully saturated rings. The van der Waals surface area contributed by atoms with Crippen LogP contribution in [0.5, 0.6) is 0 Å². The van der Waals surface area contributed by atoms with Crippen molar-refractivity contribution in [1.29, 1.82) is 0 Å². The number of likely N-dealkylation sites (N-methyl/N-ethyl adjacent to an activating group) is 1. The second-order valence-electron chi connectivity index (χ2n) is 15.1. The number of benzene rings is 1. The molecule has 15 nitrogen and oxygen atoms in total. The van der Waals surface area contributed by atoms with E-state index in [2.05, 4.69) is 10.6 Å². The largest absolute Gasteiger partial charge is 0.445 e. The van der Waals surface area contributed by atoms with Crippen molar-refractivity contribution in [2.45, 2.75) is 91.8 Å². The minimum Gasteiger partial charge on any atom is -0.445 e. The van der Waals surface area contributed by atoms with Crippen molar-refractivity contribution < 1.29 is 42.9 Å². The van der Waals surface area contributed by atoms with Gasteiger partial charge in [0.15, 0.2) is 0 Å². The van der Waals surface area contributed by atoms with Crippen molar-refractivity contribution in [3.05, 3.63) is 35.9 Å². The topological polar surface area (TPSA) is 159 Å². The fraction of sp³-hybridized carbons (Fsp3) is 0.686. The molecule has 1 heterocycles. The molecule has 2 rings (SSSR count). The monoisotopic (exact) mass is 706 g/mol. The Bertz CT molecular complexity index is 1230. The minimum atomic E-state index is -1.02. The van der Waals surface area contributed by atoms with Crippen molar-refractivity contribution in [1.82, 2.24) is 30.2 Å². The zero-order valence-corrected chi connectivity index (χ0v) is 31.5. The third-order valence-electron chi connectivity index (χ3n) is 7.12. The average Bonchev–Trinajstić information content (AvgIpc) is 2.98. The molecule has 0 radical (unpaired) electrons. The summed E-state index contributed by atoms with van der Waals surface area (Å²) in [6, 6.07) is 8.13. The van der Waals surface area contributed by atoms with Crippen LogP contribution < -0.4 is 10.6 Å². The van der Waals surface area contributed by atoms with Gasteiger partial charge in [0, 0.05) is 66.0 Å². The highest BCUT2D eigenvalue weighted by atomic mass is 16.6. The van der Waals surface area contributed by atoms with Crippen LogP contribution in [0.1, 0.15) is 67.9 Å². The van der Waals surface area contributed by atoms with Crippen LogP contribution in [0.4, 0.5) is 19.2 Å². The van der Waals surface area contributed by atoms with Crippen LogP contribution in [0, 0.1) is 0 Å². The normalized spacial score (nSPS) is 16.2. The van der Waals surface area contributed by atoms with Gasteiger partial charge in [-0.25, -0.2) is 19.2 Å². The highest BCUT2D eigenvalue weighted by Crippen LogP contribution is 2.15. The van der Waals surface area contributed by atoms with Gasteiger partial charge in [0.1, 0.15) is 29.5 Å².